The number of esters is 1. The fraction of sp³-hybridized carbons (Fsp3) is 0.571. The minimum Gasteiger partial charge on any atom is -0.485 e. The number of aliphatic carboxylic acids is 1. The molecule has 1 atom stereocenters. The van der Waals surface area contributed by atoms with Gasteiger partial charge in [0.25, 0.3) is 0 Å². The summed E-state index contributed by atoms with van der Waals surface area (Å²) >= 11 is 0. The quantitative estimate of drug-likeness (QED) is 0.240. The molecule has 1 unspecified atom stereocenters. The van der Waals surface area contributed by atoms with Crippen LogP contribution in [0.15, 0.2) is 12.3 Å². The lowest BCUT2D eigenvalue weighted by molar-refractivity contribution is -0.135. The van der Waals surface area contributed by atoms with Crippen molar-refractivity contribution in [2.45, 2.75) is 45.1 Å². The van der Waals surface area contributed by atoms with Gasteiger partial charge in [-0.05, 0) is 18.8 Å². The van der Waals surface area contributed by atoms with Crippen molar-refractivity contribution in [3.05, 3.63) is 12.3 Å². The van der Waals surface area contributed by atoms with Crippen molar-refractivity contribution in [1.29, 1.82) is 0 Å². The van der Waals surface area contributed by atoms with Gasteiger partial charge in [0.15, 0.2) is 6.10 Å². The number of carboxylic acid groups (broad SMARTS) is 1. The van der Waals surface area contributed by atoms with Crippen LogP contribution in [-0.2, 0) is 19.1 Å². The molecule has 0 aromatic carbocycles. The maximum atomic E-state index is 10.8. The largest absolute Gasteiger partial charge is 0.485 e. The molecule has 0 spiro atoms. The number of carbonyl (C=O) groups is 2. The third kappa shape index (κ3) is 10.9. The first kappa shape index (κ1) is 17.0. The highest BCUT2D eigenvalue weighted by Crippen LogP contribution is 2.08. The van der Waals surface area contributed by atoms with Gasteiger partial charge >= 0.3 is 11.9 Å². The van der Waals surface area contributed by atoms with Crippen LogP contribution in [0.3, 0.4) is 0 Å². The van der Waals surface area contributed by atoms with Crippen LogP contribution < -0.4 is 0 Å². The maximum Gasteiger partial charge on any atom is 0.382 e. The average molecular weight is 268 g/mol. The molecular formula is C14H20O5. The Bertz CT molecular complexity index is 362. The van der Waals surface area contributed by atoms with Crippen LogP contribution >= 0.6 is 0 Å². The lowest BCUT2D eigenvalue weighted by Crippen LogP contribution is -2.08. The molecule has 0 saturated heterocycles. The molecule has 5 heteroatoms. The minimum absolute atomic E-state index is 0.520. The van der Waals surface area contributed by atoms with Gasteiger partial charge in [0, 0.05) is 5.92 Å². The molecule has 19 heavy (non-hydrogen) atoms. The third-order valence-corrected chi connectivity index (χ3v) is 2.31. The molecule has 5 nitrogen and oxygen atoms in total. The molecule has 0 aliphatic rings. The van der Waals surface area contributed by atoms with Gasteiger partial charge in [0.1, 0.15) is 0 Å². The second-order valence-corrected chi connectivity index (χ2v) is 3.87. The van der Waals surface area contributed by atoms with Crippen LogP contribution in [0.2, 0.25) is 0 Å². The summed E-state index contributed by atoms with van der Waals surface area (Å²) in [7, 11) is 1.26. The fourth-order valence-corrected chi connectivity index (χ4v) is 1.33. The summed E-state index contributed by atoms with van der Waals surface area (Å²) in [6.45, 7) is 2.11. The van der Waals surface area contributed by atoms with Crippen molar-refractivity contribution < 1.29 is 24.2 Å². The average Bonchev–Trinajstić information content (AvgIpc) is 2.39. The Balaban J connectivity index is 4.26. The van der Waals surface area contributed by atoms with Crippen LogP contribution in [-0.4, -0.2) is 30.3 Å². The molecular weight excluding hydrogens is 248 g/mol. The van der Waals surface area contributed by atoms with Crippen molar-refractivity contribution in [2.24, 2.45) is 0 Å². The molecule has 0 aliphatic heterocycles. The molecule has 0 amide bonds. The van der Waals surface area contributed by atoms with Gasteiger partial charge in [-0.15, -0.1) is 0 Å². The SMILES string of the molecule is CCCCCCC(C#CC(=O)O)O/C=C/C(=O)OC. The Morgan fingerprint density at radius 3 is 2.63 bits per heavy atom. The van der Waals surface area contributed by atoms with Crippen LogP contribution in [0.5, 0.6) is 0 Å². The van der Waals surface area contributed by atoms with Crippen LogP contribution in [0.1, 0.15) is 39.0 Å². The van der Waals surface area contributed by atoms with E-state index in [-0.39, 0.29) is 0 Å². The third-order valence-electron chi connectivity index (χ3n) is 2.31. The van der Waals surface area contributed by atoms with Crippen molar-refractivity contribution >= 4 is 11.9 Å². The predicted octanol–water partition coefficient (Wildman–Crippen LogP) is 2.12. The van der Waals surface area contributed by atoms with Gasteiger partial charge < -0.3 is 14.6 Å². The molecule has 0 aliphatic carbocycles. The number of carbonyl (C=O) groups excluding carboxylic acids is 1. The summed E-state index contributed by atoms with van der Waals surface area (Å²) < 4.78 is 9.63. The van der Waals surface area contributed by atoms with Gasteiger partial charge in [-0.3, -0.25) is 0 Å². The Labute approximate surface area is 113 Å². The highest BCUT2D eigenvalue weighted by Gasteiger charge is 2.05. The normalized spacial score (nSPS) is 11.5. The summed E-state index contributed by atoms with van der Waals surface area (Å²) in [6, 6.07) is 0. The lowest BCUT2D eigenvalue weighted by Gasteiger charge is -2.09. The van der Waals surface area contributed by atoms with E-state index in [9.17, 15) is 9.59 Å². The number of ether oxygens (including phenoxy) is 2. The van der Waals surface area contributed by atoms with E-state index < -0.39 is 18.0 Å². The smallest absolute Gasteiger partial charge is 0.382 e. The molecule has 0 bridgehead atoms. The van der Waals surface area contributed by atoms with Gasteiger partial charge in [0.05, 0.1) is 19.4 Å². The summed E-state index contributed by atoms with van der Waals surface area (Å²) in [5.41, 5.74) is 0. The molecule has 0 rings (SSSR count). The zero-order valence-corrected chi connectivity index (χ0v) is 11.3. The molecule has 0 heterocycles. The highest BCUT2D eigenvalue weighted by molar-refractivity contribution is 5.86. The number of hydrogen-bond donors (Lipinski definition) is 1. The number of rotatable bonds is 8. The fourth-order valence-electron chi connectivity index (χ4n) is 1.33. The zero-order chi connectivity index (χ0) is 14.5. The molecule has 0 fully saturated rings. The van der Waals surface area contributed by atoms with E-state index in [1.165, 1.54) is 13.4 Å². The van der Waals surface area contributed by atoms with Gasteiger partial charge in [-0.25, -0.2) is 9.59 Å². The Kier molecular flexibility index (Phi) is 10.00. The lowest BCUT2D eigenvalue weighted by atomic mass is 10.1. The topological polar surface area (TPSA) is 72.8 Å². The Hall–Kier alpha value is -1.96. The predicted molar refractivity (Wildman–Crippen MR) is 70.2 cm³/mol. The molecule has 1 N–H and O–H groups in total. The second kappa shape index (κ2) is 11.1. The molecule has 0 aromatic heterocycles. The Morgan fingerprint density at radius 1 is 1.32 bits per heavy atom. The second-order valence-electron chi connectivity index (χ2n) is 3.87. The van der Waals surface area contributed by atoms with Crippen molar-refractivity contribution in [3.63, 3.8) is 0 Å². The van der Waals surface area contributed by atoms with Gasteiger partial charge in [-0.2, -0.15) is 0 Å². The molecule has 106 valence electrons. The number of methoxy groups -OCH3 is 1. The minimum atomic E-state index is -1.20. The van der Waals surface area contributed by atoms with Crippen molar-refractivity contribution in [2.75, 3.05) is 7.11 Å². The van der Waals surface area contributed by atoms with Crippen LogP contribution in [0, 0.1) is 11.8 Å². The molecule has 0 radical (unpaired) electrons. The van der Waals surface area contributed by atoms with Crippen LogP contribution in [0.25, 0.3) is 0 Å². The zero-order valence-electron chi connectivity index (χ0n) is 11.3. The van der Waals surface area contributed by atoms with E-state index in [4.69, 9.17) is 9.84 Å². The molecule has 0 saturated carbocycles. The van der Waals surface area contributed by atoms with E-state index in [0.717, 1.165) is 31.8 Å². The van der Waals surface area contributed by atoms with Gasteiger partial charge in [-0.1, -0.05) is 26.2 Å². The van der Waals surface area contributed by atoms with Crippen molar-refractivity contribution in [3.8, 4) is 11.8 Å². The van der Waals surface area contributed by atoms with Gasteiger partial charge in [0.2, 0.25) is 0 Å². The summed E-state index contributed by atoms with van der Waals surface area (Å²) in [5.74, 6) is 2.82. The van der Waals surface area contributed by atoms with Crippen molar-refractivity contribution in [1.82, 2.24) is 0 Å². The maximum absolute atomic E-state index is 10.8. The first-order chi connectivity index (χ1) is 9.10. The van der Waals surface area contributed by atoms with Crippen LogP contribution in [0.4, 0.5) is 0 Å². The molecule has 0 aromatic rings. The standard InChI is InChI=1S/C14H20O5/c1-3-4-5-6-7-12(8-9-13(15)16)19-11-10-14(17)18-2/h10-12H,3-7H2,1-2H3,(H,15,16)/b11-10+. The monoisotopic (exact) mass is 268 g/mol. The summed E-state index contributed by atoms with van der Waals surface area (Å²) in [5, 5.41) is 8.50. The van der Waals surface area contributed by atoms with E-state index in [0.29, 0.717) is 6.42 Å². The Morgan fingerprint density at radius 2 is 2.05 bits per heavy atom. The number of unbranched alkanes of at least 4 members (excludes halogenated alkanes) is 3. The summed E-state index contributed by atoms with van der Waals surface area (Å²) in [4.78, 5) is 21.2. The number of carboxylic acids is 1. The van der Waals surface area contributed by atoms with E-state index in [1.807, 2.05) is 5.92 Å². The van der Waals surface area contributed by atoms with E-state index in [1.54, 1.807) is 0 Å². The van der Waals surface area contributed by atoms with E-state index >= 15 is 0 Å². The van der Waals surface area contributed by atoms with E-state index in [2.05, 4.69) is 17.6 Å². The highest BCUT2D eigenvalue weighted by atomic mass is 16.5. The summed E-state index contributed by atoms with van der Waals surface area (Å²) in [6.07, 6.45) is 6.62. The first-order valence-electron chi connectivity index (χ1n) is 6.24. The number of hydrogen-bond acceptors (Lipinski definition) is 4. The first-order valence-corrected chi connectivity index (χ1v) is 6.24.